The standard InChI is InChI=1S/C23H24N6O/c1-16(2)6-7-19-15-29(28-27-19)20-10-8-18(9-11-20)25-23(30)26-22-5-3-4-17-14-24-13-12-21(17)22/h3-5,8-16H,6-7H2,1-2H3,(H2,25,26,30). The van der Waals surface area contributed by atoms with Gasteiger partial charge < -0.3 is 10.6 Å². The fraction of sp³-hybridized carbons (Fsp3) is 0.217. The second-order valence-corrected chi connectivity index (χ2v) is 7.62. The number of nitrogens with one attached hydrogen (secondary N) is 2. The first-order valence-corrected chi connectivity index (χ1v) is 10.0. The van der Waals surface area contributed by atoms with Crippen molar-refractivity contribution in [2.45, 2.75) is 26.7 Å². The van der Waals surface area contributed by atoms with Gasteiger partial charge in [0.25, 0.3) is 0 Å². The van der Waals surface area contributed by atoms with Crippen LogP contribution in [0.2, 0.25) is 0 Å². The van der Waals surface area contributed by atoms with Crippen molar-refractivity contribution in [1.29, 1.82) is 0 Å². The lowest BCUT2D eigenvalue weighted by Crippen LogP contribution is -2.19. The molecule has 2 amide bonds. The minimum Gasteiger partial charge on any atom is -0.308 e. The zero-order valence-electron chi connectivity index (χ0n) is 17.0. The Morgan fingerprint density at radius 3 is 2.70 bits per heavy atom. The highest BCUT2D eigenvalue weighted by molar-refractivity contribution is 6.06. The SMILES string of the molecule is CC(C)CCc1cn(-c2ccc(NC(=O)Nc3cccc4cnccc34)cc2)nn1. The van der Waals surface area contributed by atoms with Crippen molar-refractivity contribution in [1.82, 2.24) is 20.0 Å². The van der Waals surface area contributed by atoms with E-state index >= 15 is 0 Å². The van der Waals surface area contributed by atoms with Gasteiger partial charge in [-0.3, -0.25) is 4.98 Å². The van der Waals surface area contributed by atoms with Gasteiger partial charge in [0.05, 0.1) is 23.3 Å². The van der Waals surface area contributed by atoms with Crippen molar-refractivity contribution in [3.63, 3.8) is 0 Å². The molecule has 0 radical (unpaired) electrons. The molecule has 4 rings (SSSR count). The number of hydrogen-bond acceptors (Lipinski definition) is 4. The van der Waals surface area contributed by atoms with E-state index in [0.29, 0.717) is 11.6 Å². The second-order valence-electron chi connectivity index (χ2n) is 7.62. The number of rotatable bonds is 6. The van der Waals surface area contributed by atoms with E-state index in [-0.39, 0.29) is 6.03 Å². The van der Waals surface area contributed by atoms with Crippen LogP contribution in [0.4, 0.5) is 16.2 Å². The summed E-state index contributed by atoms with van der Waals surface area (Å²) in [6.45, 7) is 4.40. The van der Waals surface area contributed by atoms with E-state index < -0.39 is 0 Å². The Morgan fingerprint density at radius 1 is 1.07 bits per heavy atom. The van der Waals surface area contributed by atoms with E-state index in [2.05, 4.69) is 39.8 Å². The number of aromatic nitrogens is 4. The molecule has 0 fully saturated rings. The summed E-state index contributed by atoms with van der Waals surface area (Å²) in [6.07, 6.45) is 7.44. The third-order valence-electron chi connectivity index (χ3n) is 4.84. The van der Waals surface area contributed by atoms with Crippen molar-refractivity contribution in [2.75, 3.05) is 10.6 Å². The quantitative estimate of drug-likeness (QED) is 0.474. The van der Waals surface area contributed by atoms with Crippen LogP contribution in [0.3, 0.4) is 0 Å². The molecule has 0 saturated carbocycles. The Bertz CT molecular complexity index is 1140. The molecule has 0 unspecified atom stereocenters. The van der Waals surface area contributed by atoms with Crippen LogP contribution in [0.25, 0.3) is 16.5 Å². The third-order valence-corrected chi connectivity index (χ3v) is 4.84. The smallest absolute Gasteiger partial charge is 0.308 e. The molecule has 4 aromatic rings. The van der Waals surface area contributed by atoms with Crippen LogP contribution in [-0.2, 0) is 6.42 Å². The Hall–Kier alpha value is -3.74. The number of hydrogen-bond donors (Lipinski definition) is 2. The van der Waals surface area contributed by atoms with Gasteiger partial charge in [0.15, 0.2) is 0 Å². The lowest BCUT2D eigenvalue weighted by atomic mass is 10.1. The molecule has 0 saturated heterocycles. The van der Waals surface area contributed by atoms with Crippen molar-refractivity contribution in [3.05, 3.63) is 72.8 Å². The number of nitrogens with zero attached hydrogens (tertiary/aromatic N) is 4. The van der Waals surface area contributed by atoms with Crippen molar-refractivity contribution >= 4 is 28.2 Å². The molecule has 7 heteroatoms. The number of carbonyl (C=O) groups is 1. The van der Waals surface area contributed by atoms with Crippen LogP contribution >= 0.6 is 0 Å². The molecule has 30 heavy (non-hydrogen) atoms. The van der Waals surface area contributed by atoms with Crippen molar-refractivity contribution < 1.29 is 4.79 Å². The zero-order valence-corrected chi connectivity index (χ0v) is 17.0. The highest BCUT2D eigenvalue weighted by Gasteiger charge is 2.08. The first kappa shape index (κ1) is 19.6. The number of fused-ring (bicyclic) bond motifs is 1. The summed E-state index contributed by atoms with van der Waals surface area (Å²) in [6, 6.07) is 14.8. The summed E-state index contributed by atoms with van der Waals surface area (Å²) in [5.41, 5.74) is 3.31. The lowest BCUT2D eigenvalue weighted by molar-refractivity contribution is 0.262. The molecule has 0 aliphatic carbocycles. The number of urea groups is 1. The summed E-state index contributed by atoms with van der Waals surface area (Å²) in [7, 11) is 0. The van der Waals surface area contributed by atoms with E-state index in [1.807, 2.05) is 54.7 Å². The van der Waals surface area contributed by atoms with Gasteiger partial charge in [-0.25, -0.2) is 9.48 Å². The largest absolute Gasteiger partial charge is 0.323 e. The van der Waals surface area contributed by atoms with E-state index in [1.54, 1.807) is 17.1 Å². The highest BCUT2D eigenvalue weighted by atomic mass is 16.2. The van der Waals surface area contributed by atoms with Crippen molar-refractivity contribution in [2.24, 2.45) is 5.92 Å². The summed E-state index contributed by atoms with van der Waals surface area (Å²) in [5.74, 6) is 0.636. The van der Waals surface area contributed by atoms with Gasteiger partial charge >= 0.3 is 6.03 Å². The van der Waals surface area contributed by atoms with E-state index in [0.717, 1.165) is 40.7 Å². The zero-order chi connectivity index (χ0) is 20.9. The number of carbonyl (C=O) groups excluding carboxylic acids is 1. The van der Waals surface area contributed by atoms with Gasteiger partial charge in [0.1, 0.15) is 0 Å². The predicted octanol–water partition coefficient (Wildman–Crippen LogP) is 5.05. The maximum absolute atomic E-state index is 12.4. The number of aryl methyl sites for hydroxylation is 1. The Labute approximate surface area is 175 Å². The van der Waals surface area contributed by atoms with E-state index in [4.69, 9.17) is 0 Å². The molecule has 0 bridgehead atoms. The molecule has 7 nitrogen and oxygen atoms in total. The van der Waals surface area contributed by atoms with Crippen molar-refractivity contribution in [3.8, 4) is 5.69 Å². The monoisotopic (exact) mass is 400 g/mol. The van der Waals surface area contributed by atoms with Crippen LogP contribution in [0.15, 0.2) is 67.1 Å². The maximum Gasteiger partial charge on any atom is 0.323 e. The molecule has 0 aliphatic heterocycles. The number of pyridine rings is 1. The molecule has 2 aromatic carbocycles. The first-order chi connectivity index (χ1) is 14.6. The first-order valence-electron chi connectivity index (χ1n) is 10.0. The lowest BCUT2D eigenvalue weighted by Gasteiger charge is -2.10. The molecule has 0 spiro atoms. The summed E-state index contributed by atoms with van der Waals surface area (Å²) in [5, 5.41) is 16.1. The molecular formula is C23H24N6O. The molecule has 2 heterocycles. The third kappa shape index (κ3) is 4.63. The molecule has 0 atom stereocenters. The number of benzene rings is 2. The van der Waals surface area contributed by atoms with Crippen LogP contribution in [0.5, 0.6) is 0 Å². The van der Waals surface area contributed by atoms with Crippen LogP contribution in [0, 0.1) is 5.92 Å². The molecule has 152 valence electrons. The Morgan fingerprint density at radius 2 is 1.90 bits per heavy atom. The average molecular weight is 400 g/mol. The van der Waals surface area contributed by atoms with Crippen LogP contribution in [0.1, 0.15) is 26.0 Å². The Kier molecular flexibility index (Phi) is 5.70. The molecule has 2 N–H and O–H groups in total. The summed E-state index contributed by atoms with van der Waals surface area (Å²) in [4.78, 5) is 16.6. The highest BCUT2D eigenvalue weighted by Crippen LogP contribution is 2.22. The second kappa shape index (κ2) is 8.73. The average Bonchev–Trinajstić information content (AvgIpc) is 3.22. The van der Waals surface area contributed by atoms with E-state index in [9.17, 15) is 4.79 Å². The molecule has 0 aliphatic rings. The van der Waals surface area contributed by atoms with Gasteiger partial charge in [0, 0.05) is 28.9 Å². The fourth-order valence-corrected chi connectivity index (χ4v) is 3.19. The van der Waals surface area contributed by atoms with Gasteiger partial charge in [-0.05, 0) is 55.2 Å². The Balaban J connectivity index is 1.40. The minimum atomic E-state index is -0.302. The van der Waals surface area contributed by atoms with E-state index in [1.165, 1.54) is 0 Å². The molecular weight excluding hydrogens is 376 g/mol. The van der Waals surface area contributed by atoms with Gasteiger partial charge in [0.2, 0.25) is 0 Å². The summed E-state index contributed by atoms with van der Waals surface area (Å²) < 4.78 is 1.75. The van der Waals surface area contributed by atoms with Crippen LogP contribution in [-0.4, -0.2) is 26.0 Å². The number of amides is 2. The van der Waals surface area contributed by atoms with Gasteiger partial charge in [-0.2, -0.15) is 0 Å². The normalized spacial score (nSPS) is 11.0. The maximum atomic E-state index is 12.4. The van der Waals surface area contributed by atoms with Crippen LogP contribution < -0.4 is 10.6 Å². The molecule has 2 aromatic heterocycles. The van der Waals surface area contributed by atoms with Gasteiger partial charge in [-0.15, -0.1) is 5.10 Å². The summed E-state index contributed by atoms with van der Waals surface area (Å²) >= 11 is 0. The topological polar surface area (TPSA) is 84.7 Å². The fourth-order valence-electron chi connectivity index (χ4n) is 3.19. The predicted molar refractivity (Wildman–Crippen MR) is 119 cm³/mol. The number of anilines is 2. The minimum absolute atomic E-state index is 0.302. The van der Waals surface area contributed by atoms with Gasteiger partial charge in [-0.1, -0.05) is 31.2 Å².